The minimum atomic E-state index is -0.270. The molecule has 0 unspecified atom stereocenters. The highest BCUT2D eigenvalue weighted by atomic mass is 79.9. The minimum absolute atomic E-state index is 0.270. The molecule has 17 heavy (non-hydrogen) atoms. The molecule has 0 saturated heterocycles. The van der Waals surface area contributed by atoms with Crippen molar-refractivity contribution in [2.45, 2.75) is 19.8 Å². The van der Waals surface area contributed by atoms with Crippen LogP contribution >= 0.6 is 28.1 Å². The van der Waals surface area contributed by atoms with Gasteiger partial charge in [0.05, 0.1) is 5.69 Å². The zero-order valence-corrected chi connectivity index (χ0v) is 11.9. The van der Waals surface area contributed by atoms with Crippen molar-refractivity contribution in [3.05, 3.63) is 45.2 Å². The fourth-order valence-electron chi connectivity index (χ4n) is 1.72. The summed E-state index contributed by atoms with van der Waals surface area (Å²) >= 11 is 8.62. The Labute approximate surface area is 113 Å². The molecule has 0 fully saturated rings. The molecule has 2 aromatic rings. The van der Waals surface area contributed by atoms with Crippen molar-refractivity contribution in [2.75, 3.05) is 0 Å². The summed E-state index contributed by atoms with van der Waals surface area (Å²) in [5.74, 6) is 0.0636. The number of imidazole rings is 1. The lowest BCUT2D eigenvalue weighted by atomic mass is 10.1. The van der Waals surface area contributed by atoms with Crippen LogP contribution in [0, 0.1) is 10.6 Å². The smallest absolute Gasteiger partial charge is 0.182 e. The Balaban J connectivity index is 2.68. The van der Waals surface area contributed by atoms with Gasteiger partial charge in [0.25, 0.3) is 0 Å². The van der Waals surface area contributed by atoms with E-state index in [1.807, 2.05) is 10.8 Å². The molecule has 1 heterocycles. The van der Waals surface area contributed by atoms with Crippen LogP contribution in [-0.4, -0.2) is 9.55 Å². The maximum absolute atomic E-state index is 13.1. The van der Waals surface area contributed by atoms with E-state index in [4.69, 9.17) is 12.2 Å². The van der Waals surface area contributed by atoms with Crippen LogP contribution in [0.3, 0.4) is 0 Å². The summed E-state index contributed by atoms with van der Waals surface area (Å²) < 4.78 is 16.3. The molecule has 2 nitrogen and oxygen atoms in total. The molecule has 0 aliphatic heterocycles. The summed E-state index contributed by atoms with van der Waals surface area (Å²) in [4.78, 5) is 3.02. The number of rotatable bonds is 2. The molecule has 1 N–H and O–H groups in total. The van der Waals surface area contributed by atoms with Crippen LogP contribution in [0.25, 0.3) is 5.69 Å². The standard InChI is InChI=1S/C12H12BrFN2S/c1-7(2)11-6-15-12(17)16(11)10-4-3-8(14)5-9(10)13/h3-7H,1-2H3,(H,15,17). The van der Waals surface area contributed by atoms with E-state index in [-0.39, 0.29) is 5.82 Å². The Morgan fingerprint density at radius 2 is 2.12 bits per heavy atom. The van der Waals surface area contributed by atoms with Crippen molar-refractivity contribution in [3.8, 4) is 5.69 Å². The third-order valence-corrected chi connectivity index (χ3v) is 3.48. The van der Waals surface area contributed by atoms with Gasteiger partial charge in [-0.05, 0) is 52.3 Å². The molecular formula is C12H12BrFN2S. The molecule has 0 saturated carbocycles. The van der Waals surface area contributed by atoms with E-state index >= 15 is 0 Å². The van der Waals surface area contributed by atoms with Gasteiger partial charge in [-0.3, -0.25) is 4.57 Å². The topological polar surface area (TPSA) is 20.7 Å². The molecule has 0 radical (unpaired) electrons. The lowest BCUT2D eigenvalue weighted by Crippen LogP contribution is -2.02. The number of hydrogen-bond acceptors (Lipinski definition) is 1. The number of benzene rings is 1. The second-order valence-electron chi connectivity index (χ2n) is 4.10. The van der Waals surface area contributed by atoms with Gasteiger partial charge in [0.1, 0.15) is 5.82 Å². The van der Waals surface area contributed by atoms with Crippen molar-refractivity contribution < 1.29 is 4.39 Å². The average Bonchev–Trinajstić information content (AvgIpc) is 2.60. The van der Waals surface area contributed by atoms with E-state index in [9.17, 15) is 4.39 Å². The van der Waals surface area contributed by atoms with Crippen molar-refractivity contribution in [3.63, 3.8) is 0 Å². The largest absolute Gasteiger partial charge is 0.337 e. The Kier molecular flexibility index (Phi) is 3.49. The van der Waals surface area contributed by atoms with Gasteiger partial charge in [-0.25, -0.2) is 4.39 Å². The van der Waals surface area contributed by atoms with Crippen LogP contribution < -0.4 is 0 Å². The summed E-state index contributed by atoms with van der Waals surface area (Å²) in [6.07, 6.45) is 1.89. The third-order valence-electron chi connectivity index (χ3n) is 2.55. The monoisotopic (exact) mass is 314 g/mol. The highest BCUT2D eigenvalue weighted by molar-refractivity contribution is 9.10. The van der Waals surface area contributed by atoms with Gasteiger partial charge in [-0.2, -0.15) is 0 Å². The van der Waals surface area contributed by atoms with Gasteiger partial charge in [0.15, 0.2) is 4.77 Å². The zero-order chi connectivity index (χ0) is 12.6. The van der Waals surface area contributed by atoms with Gasteiger partial charge in [-0.1, -0.05) is 13.8 Å². The molecule has 0 bridgehead atoms. The summed E-state index contributed by atoms with van der Waals surface area (Å²) in [7, 11) is 0. The van der Waals surface area contributed by atoms with Crippen molar-refractivity contribution in [1.29, 1.82) is 0 Å². The first-order valence-electron chi connectivity index (χ1n) is 5.26. The molecule has 0 atom stereocenters. The zero-order valence-electron chi connectivity index (χ0n) is 9.50. The van der Waals surface area contributed by atoms with E-state index in [1.165, 1.54) is 12.1 Å². The Morgan fingerprint density at radius 1 is 1.41 bits per heavy atom. The fraction of sp³-hybridized carbons (Fsp3) is 0.250. The van der Waals surface area contributed by atoms with Crippen LogP contribution in [0.1, 0.15) is 25.5 Å². The highest BCUT2D eigenvalue weighted by Crippen LogP contribution is 2.26. The second kappa shape index (κ2) is 4.74. The molecule has 0 aliphatic rings. The normalized spacial score (nSPS) is 11.1. The van der Waals surface area contributed by atoms with Gasteiger partial charge in [0.2, 0.25) is 0 Å². The average molecular weight is 315 g/mol. The van der Waals surface area contributed by atoms with Crippen LogP contribution in [0.5, 0.6) is 0 Å². The predicted octanol–water partition coefficient (Wildman–Crippen LogP) is 4.56. The molecule has 1 aromatic carbocycles. The molecule has 0 aliphatic carbocycles. The quantitative estimate of drug-likeness (QED) is 0.806. The summed E-state index contributed by atoms with van der Waals surface area (Å²) in [5, 5.41) is 0. The highest BCUT2D eigenvalue weighted by Gasteiger charge is 2.12. The number of halogens is 2. The van der Waals surface area contributed by atoms with Crippen molar-refractivity contribution >= 4 is 28.1 Å². The predicted molar refractivity (Wildman–Crippen MR) is 72.7 cm³/mol. The minimum Gasteiger partial charge on any atom is -0.337 e. The van der Waals surface area contributed by atoms with E-state index < -0.39 is 0 Å². The number of nitrogens with one attached hydrogen (secondary N) is 1. The maximum Gasteiger partial charge on any atom is 0.182 e. The number of hydrogen-bond donors (Lipinski definition) is 1. The van der Waals surface area contributed by atoms with Gasteiger partial charge in [0, 0.05) is 16.4 Å². The van der Waals surface area contributed by atoms with E-state index in [0.717, 1.165) is 11.4 Å². The SMILES string of the molecule is CC(C)c1c[nH]c(=S)n1-c1ccc(F)cc1Br. The van der Waals surface area contributed by atoms with Gasteiger partial charge in [-0.15, -0.1) is 0 Å². The molecule has 5 heteroatoms. The number of nitrogens with zero attached hydrogens (tertiary/aromatic N) is 1. The van der Waals surface area contributed by atoms with Crippen LogP contribution in [0.4, 0.5) is 4.39 Å². The Hall–Kier alpha value is -0.940. The van der Waals surface area contributed by atoms with E-state index in [1.54, 1.807) is 6.07 Å². The maximum atomic E-state index is 13.1. The molecule has 90 valence electrons. The third kappa shape index (κ3) is 2.35. The molecule has 0 spiro atoms. The van der Waals surface area contributed by atoms with Crippen molar-refractivity contribution in [1.82, 2.24) is 9.55 Å². The van der Waals surface area contributed by atoms with Crippen molar-refractivity contribution in [2.24, 2.45) is 0 Å². The fourth-order valence-corrected chi connectivity index (χ4v) is 2.51. The molecule has 1 aromatic heterocycles. The first-order valence-corrected chi connectivity index (χ1v) is 6.46. The van der Waals surface area contributed by atoms with Crippen LogP contribution in [0.15, 0.2) is 28.9 Å². The molecule has 2 rings (SSSR count). The molecular weight excluding hydrogens is 303 g/mol. The Bertz CT molecular complexity index is 601. The second-order valence-corrected chi connectivity index (χ2v) is 5.35. The van der Waals surface area contributed by atoms with Crippen LogP contribution in [-0.2, 0) is 0 Å². The lowest BCUT2D eigenvalue weighted by Gasteiger charge is -2.12. The number of aromatic nitrogens is 2. The van der Waals surface area contributed by atoms with Gasteiger partial charge >= 0.3 is 0 Å². The summed E-state index contributed by atoms with van der Waals surface area (Å²) in [6.45, 7) is 4.18. The van der Waals surface area contributed by atoms with E-state index in [0.29, 0.717) is 15.2 Å². The first kappa shape index (κ1) is 12.5. The molecule has 0 amide bonds. The number of aromatic amines is 1. The van der Waals surface area contributed by atoms with Gasteiger partial charge < -0.3 is 4.98 Å². The first-order chi connectivity index (χ1) is 8.00. The van der Waals surface area contributed by atoms with Crippen LogP contribution in [0.2, 0.25) is 0 Å². The van der Waals surface area contributed by atoms with E-state index in [2.05, 4.69) is 34.8 Å². The lowest BCUT2D eigenvalue weighted by molar-refractivity contribution is 0.626. The number of H-pyrrole nitrogens is 1. The summed E-state index contributed by atoms with van der Waals surface area (Å²) in [5.41, 5.74) is 1.92. The summed E-state index contributed by atoms with van der Waals surface area (Å²) in [6, 6.07) is 4.59. The Morgan fingerprint density at radius 3 is 2.71 bits per heavy atom.